The van der Waals surface area contributed by atoms with Gasteiger partial charge in [-0.3, -0.25) is 0 Å². The molecule has 1 rings (SSSR count). The van der Waals surface area contributed by atoms with Crippen molar-refractivity contribution in [1.29, 1.82) is 0 Å². The zero-order chi connectivity index (χ0) is 11.8. The summed E-state index contributed by atoms with van der Waals surface area (Å²) in [7, 11) is 3.74. The molecule has 0 spiro atoms. The highest BCUT2D eigenvalue weighted by atomic mass is 32.2. The molecule has 2 nitrogen and oxygen atoms in total. The Morgan fingerprint density at radius 3 is 2.88 bits per heavy atom. The minimum Gasteiger partial charge on any atom is -0.497 e. The maximum absolute atomic E-state index is 5.21. The molecule has 0 heterocycles. The number of thioether (sulfide) groups is 1. The van der Waals surface area contributed by atoms with Crippen molar-refractivity contribution in [1.82, 2.24) is 5.32 Å². The van der Waals surface area contributed by atoms with Gasteiger partial charge in [-0.05, 0) is 31.7 Å². The standard InChI is InChI=1S/C13H21NOS/c1-4-6-11(14-2)10-16-13-8-5-7-12(9-13)15-3/h5,7-9,11,14H,4,6,10H2,1-3H3. The predicted molar refractivity (Wildman–Crippen MR) is 71.5 cm³/mol. The fourth-order valence-electron chi connectivity index (χ4n) is 1.55. The van der Waals surface area contributed by atoms with Crippen molar-refractivity contribution in [2.75, 3.05) is 19.9 Å². The van der Waals surface area contributed by atoms with Crippen molar-refractivity contribution in [3.05, 3.63) is 24.3 Å². The van der Waals surface area contributed by atoms with Crippen LogP contribution < -0.4 is 10.1 Å². The molecule has 0 fully saturated rings. The Labute approximate surface area is 103 Å². The average Bonchev–Trinajstić information content (AvgIpc) is 2.34. The number of methoxy groups -OCH3 is 1. The van der Waals surface area contributed by atoms with Crippen molar-refractivity contribution < 1.29 is 4.74 Å². The molecular formula is C13H21NOS. The van der Waals surface area contributed by atoms with E-state index in [-0.39, 0.29) is 0 Å². The van der Waals surface area contributed by atoms with Gasteiger partial charge in [0.15, 0.2) is 0 Å². The molecule has 0 saturated carbocycles. The second-order valence-electron chi connectivity index (χ2n) is 3.76. The van der Waals surface area contributed by atoms with Gasteiger partial charge < -0.3 is 10.1 Å². The van der Waals surface area contributed by atoms with Gasteiger partial charge >= 0.3 is 0 Å². The van der Waals surface area contributed by atoms with Gasteiger partial charge in [-0.25, -0.2) is 0 Å². The highest BCUT2D eigenvalue weighted by molar-refractivity contribution is 7.99. The Balaban J connectivity index is 2.46. The molecule has 1 aromatic carbocycles. The number of benzene rings is 1. The van der Waals surface area contributed by atoms with E-state index in [0.29, 0.717) is 6.04 Å². The minimum atomic E-state index is 0.598. The van der Waals surface area contributed by atoms with Gasteiger partial charge in [0.1, 0.15) is 5.75 Å². The highest BCUT2D eigenvalue weighted by Gasteiger charge is 2.05. The SMILES string of the molecule is CCCC(CSc1cccc(OC)c1)NC. The monoisotopic (exact) mass is 239 g/mol. The topological polar surface area (TPSA) is 21.3 Å². The van der Waals surface area contributed by atoms with Crippen molar-refractivity contribution >= 4 is 11.8 Å². The van der Waals surface area contributed by atoms with Crippen molar-refractivity contribution in [3.8, 4) is 5.75 Å². The van der Waals surface area contributed by atoms with Crippen LogP contribution >= 0.6 is 11.8 Å². The Hall–Kier alpha value is -0.670. The number of rotatable bonds is 7. The lowest BCUT2D eigenvalue weighted by molar-refractivity contribution is 0.413. The van der Waals surface area contributed by atoms with Crippen molar-refractivity contribution in [3.63, 3.8) is 0 Å². The molecule has 1 aromatic rings. The maximum Gasteiger partial charge on any atom is 0.119 e. The molecule has 3 heteroatoms. The van der Waals surface area contributed by atoms with Gasteiger partial charge in [0, 0.05) is 16.7 Å². The van der Waals surface area contributed by atoms with E-state index in [1.54, 1.807) is 7.11 Å². The third kappa shape index (κ3) is 4.45. The molecule has 0 bridgehead atoms. The van der Waals surface area contributed by atoms with E-state index in [9.17, 15) is 0 Å². The van der Waals surface area contributed by atoms with Crippen LogP contribution in [-0.2, 0) is 0 Å². The van der Waals surface area contributed by atoms with Crippen LogP contribution in [0.3, 0.4) is 0 Å². The molecule has 90 valence electrons. The van der Waals surface area contributed by atoms with Crippen molar-refractivity contribution in [2.24, 2.45) is 0 Å². The third-order valence-corrected chi connectivity index (χ3v) is 3.69. The fourth-order valence-corrected chi connectivity index (χ4v) is 2.65. The molecule has 0 radical (unpaired) electrons. The lowest BCUT2D eigenvalue weighted by Crippen LogP contribution is -2.27. The van der Waals surface area contributed by atoms with Crippen LogP contribution in [0.4, 0.5) is 0 Å². The van der Waals surface area contributed by atoms with E-state index in [1.165, 1.54) is 17.7 Å². The lowest BCUT2D eigenvalue weighted by Gasteiger charge is -2.14. The van der Waals surface area contributed by atoms with Gasteiger partial charge in [-0.2, -0.15) is 0 Å². The largest absolute Gasteiger partial charge is 0.497 e. The second kappa shape index (κ2) is 7.58. The van der Waals surface area contributed by atoms with E-state index in [1.807, 2.05) is 30.9 Å². The molecule has 0 aliphatic heterocycles. The molecule has 16 heavy (non-hydrogen) atoms. The first-order chi connectivity index (χ1) is 7.80. The fraction of sp³-hybridized carbons (Fsp3) is 0.538. The first-order valence-corrected chi connectivity index (χ1v) is 6.72. The van der Waals surface area contributed by atoms with E-state index in [4.69, 9.17) is 4.74 Å². The molecule has 0 aromatic heterocycles. The molecule has 0 aliphatic carbocycles. The summed E-state index contributed by atoms with van der Waals surface area (Å²) in [6, 6.07) is 8.83. The van der Waals surface area contributed by atoms with Gasteiger partial charge in [0.05, 0.1) is 7.11 Å². The Morgan fingerprint density at radius 2 is 2.25 bits per heavy atom. The Morgan fingerprint density at radius 1 is 1.44 bits per heavy atom. The molecule has 1 N–H and O–H groups in total. The zero-order valence-electron chi connectivity index (χ0n) is 10.3. The van der Waals surface area contributed by atoms with E-state index < -0.39 is 0 Å². The molecule has 0 amide bonds. The summed E-state index contributed by atoms with van der Waals surface area (Å²) >= 11 is 1.88. The summed E-state index contributed by atoms with van der Waals surface area (Å²) in [6.45, 7) is 2.22. The zero-order valence-corrected chi connectivity index (χ0v) is 11.1. The van der Waals surface area contributed by atoms with Crippen LogP contribution in [0.1, 0.15) is 19.8 Å². The van der Waals surface area contributed by atoms with E-state index in [0.717, 1.165) is 11.5 Å². The van der Waals surface area contributed by atoms with Crippen LogP contribution in [0.2, 0.25) is 0 Å². The Bertz CT molecular complexity index is 304. The molecular weight excluding hydrogens is 218 g/mol. The van der Waals surface area contributed by atoms with Crippen LogP contribution in [0.5, 0.6) is 5.75 Å². The first-order valence-electron chi connectivity index (χ1n) is 5.74. The maximum atomic E-state index is 5.21. The summed E-state index contributed by atoms with van der Waals surface area (Å²) in [6.07, 6.45) is 2.46. The van der Waals surface area contributed by atoms with Gasteiger partial charge in [-0.15, -0.1) is 11.8 Å². The quantitative estimate of drug-likeness (QED) is 0.738. The summed E-state index contributed by atoms with van der Waals surface area (Å²) in [4.78, 5) is 1.27. The van der Waals surface area contributed by atoms with Crippen LogP contribution in [0.15, 0.2) is 29.2 Å². The Kier molecular flexibility index (Phi) is 6.34. The lowest BCUT2D eigenvalue weighted by atomic mass is 10.2. The van der Waals surface area contributed by atoms with Gasteiger partial charge in [-0.1, -0.05) is 19.4 Å². The predicted octanol–water partition coefficient (Wildman–Crippen LogP) is 3.18. The van der Waals surface area contributed by atoms with E-state index in [2.05, 4.69) is 24.4 Å². The van der Waals surface area contributed by atoms with E-state index >= 15 is 0 Å². The average molecular weight is 239 g/mol. The molecule has 0 aliphatic rings. The summed E-state index contributed by atoms with van der Waals surface area (Å²) in [5.74, 6) is 2.04. The summed E-state index contributed by atoms with van der Waals surface area (Å²) in [5.41, 5.74) is 0. The van der Waals surface area contributed by atoms with Crippen molar-refractivity contribution in [2.45, 2.75) is 30.7 Å². The number of ether oxygens (including phenoxy) is 1. The number of nitrogens with one attached hydrogen (secondary N) is 1. The molecule has 1 unspecified atom stereocenters. The van der Waals surface area contributed by atoms with Gasteiger partial charge in [0.25, 0.3) is 0 Å². The van der Waals surface area contributed by atoms with Crippen LogP contribution in [0, 0.1) is 0 Å². The molecule has 1 atom stereocenters. The highest BCUT2D eigenvalue weighted by Crippen LogP contribution is 2.23. The number of hydrogen-bond acceptors (Lipinski definition) is 3. The summed E-state index contributed by atoms with van der Waals surface area (Å²) in [5, 5.41) is 3.35. The second-order valence-corrected chi connectivity index (χ2v) is 4.86. The minimum absolute atomic E-state index is 0.598. The molecule has 0 saturated heterocycles. The van der Waals surface area contributed by atoms with Crippen LogP contribution in [-0.4, -0.2) is 26.0 Å². The van der Waals surface area contributed by atoms with Crippen LogP contribution in [0.25, 0.3) is 0 Å². The van der Waals surface area contributed by atoms with Gasteiger partial charge in [0.2, 0.25) is 0 Å². The first kappa shape index (κ1) is 13.4. The third-order valence-electron chi connectivity index (χ3n) is 2.54. The number of hydrogen-bond donors (Lipinski definition) is 1. The summed E-state index contributed by atoms with van der Waals surface area (Å²) < 4.78 is 5.21. The normalized spacial score (nSPS) is 12.4. The smallest absolute Gasteiger partial charge is 0.119 e.